The minimum atomic E-state index is -0.155. The second-order valence-electron chi connectivity index (χ2n) is 9.57. The van der Waals surface area contributed by atoms with Gasteiger partial charge in [0, 0.05) is 46.6 Å². The third-order valence-electron chi connectivity index (χ3n) is 7.19. The van der Waals surface area contributed by atoms with Gasteiger partial charge >= 0.3 is 0 Å². The Bertz CT molecular complexity index is 1310. The van der Waals surface area contributed by atoms with E-state index < -0.39 is 0 Å². The lowest BCUT2D eigenvalue weighted by Gasteiger charge is -2.38. The van der Waals surface area contributed by atoms with Gasteiger partial charge in [0.1, 0.15) is 6.54 Å². The van der Waals surface area contributed by atoms with Crippen molar-refractivity contribution in [1.29, 1.82) is 0 Å². The number of hydrogen-bond donors (Lipinski definition) is 2. The number of nitrogens with one attached hydrogen (secondary N) is 2. The third-order valence-corrected chi connectivity index (χ3v) is 7.69. The highest BCUT2D eigenvalue weighted by Gasteiger charge is 2.32. The first-order valence-corrected chi connectivity index (χ1v) is 13.1. The lowest BCUT2D eigenvalue weighted by Crippen LogP contribution is -2.61. The molecule has 5 rings (SSSR count). The molecular formula is C28H29BrN4O3. The van der Waals surface area contributed by atoms with Crippen LogP contribution in [0.5, 0.6) is 0 Å². The number of halogens is 1. The normalized spacial score (nSPS) is 19.6. The van der Waals surface area contributed by atoms with Crippen molar-refractivity contribution in [2.45, 2.75) is 43.8 Å². The van der Waals surface area contributed by atoms with Crippen LogP contribution in [-0.4, -0.2) is 52.4 Å². The van der Waals surface area contributed by atoms with Crippen molar-refractivity contribution < 1.29 is 14.4 Å². The van der Waals surface area contributed by atoms with Crippen LogP contribution in [0.3, 0.4) is 0 Å². The molecule has 7 nitrogen and oxygen atoms in total. The number of nitrogens with zero attached hydrogens (tertiary/aromatic N) is 2. The molecule has 1 saturated heterocycles. The Balaban J connectivity index is 1.31. The summed E-state index contributed by atoms with van der Waals surface area (Å²) in [7, 11) is 0. The maximum atomic E-state index is 13.5. The average Bonchev–Trinajstić information content (AvgIpc) is 3.45. The summed E-state index contributed by atoms with van der Waals surface area (Å²) in [5, 5.41) is 7.05. The number of hydrogen-bond acceptors (Lipinski definition) is 3. The first-order valence-electron chi connectivity index (χ1n) is 12.3. The highest BCUT2D eigenvalue weighted by molar-refractivity contribution is 9.10. The van der Waals surface area contributed by atoms with E-state index in [0.717, 1.165) is 34.6 Å². The van der Waals surface area contributed by atoms with Crippen molar-refractivity contribution in [3.05, 3.63) is 83.0 Å². The summed E-state index contributed by atoms with van der Waals surface area (Å²) in [6, 6.07) is 16.1. The van der Waals surface area contributed by atoms with Crippen LogP contribution in [0.1, 0.15) is 41.1 Å². The van der Waals surface area contributed by atoms with E-state index in [9.17, 15) is 14.4 Å². The van der Waals surface area contributed by atoms with Crippen LogP contribution in [0.15, 0.2) is 71.9 Å². The van der Waals surface area contributed by atoms with Crippen molar-refractivity contribution in [2.75, 3.05) is 13.1 Å². The van der Waals surface area contributed by atoms with Gasteiger partial charge in [0.15, 0.2) is 0 Å². The Morgan fingerprint density at radius 3 is 2.58 bits per heavy atom. The van der Waals surface area contributed by atoms with Crippen LogP contribution in [0, 0.1) is 0 Å². The monoisotopic (exact) mass is 548 g/mol. The lowest BCUT2D eigenvalue weighted by atomic mass is 9.94. The SMILES string of the molecule is C=CC(=O)N1CC(NC(=O)Cn2cc(C(=O)NC3CCCC3c3ccccc3)c3cc(Br)ccc32)C1. The minimum Gasteiger partial charge on any atom is -0.349 e. The first-order chi connectivity index (χ1) is 17.4. The molecule has 1 aliphatic carbocycles. The van der Waals surface area contributed by atoms with E-state index in [2.05, 4.69) is 45.3 Å². The molecule has 2 unspecified atom stereocenters. The van der Waals surface area contributed by atoms with Gasteiger partial charge in [-0.05, 0) is 42.7 Å². The first kappa shape index (κ1) is 24.3. The fourth-order valence-corrected chi connectivity index (χ4v) is 5.73. The van der Waals surface area contributed by atoms with E-state index in [1.807, 2.05) is 41.0 Å². The fraction of sp³-hybridized carbons (Fsp3) is 0.321. The quantitative estimate of drug-likeness (QED) is 0.438. The second kappa shape index (κ2) is 10.3. The Morgan fingerprint density at radius 2 is 1.83 bits per heavy atom. The zero-order chi connectivity index (χ0) is 25.2. The highest BCUT2D eigenvalue weighted by atomic mass is 79.9. The molecule has 1 aromatic heterocycles. The van der Waals surface area contributed by atoms with Crippen LogP contribution in [-0.2, 0) is 16.1 Å². The Kier molecular flexibility index (Phi) is 6.96. The number of fused-ring (bicyclic) bond motifs is 1. The van der Waals surface area contributed by atoms with Crippen molar-refractivity contribution in [2.24, 2.45) is 0 Å². The molecule has 0 bridgehead atoms. The third kappa shape index (κ3) is 4.95. The molecule has 1 saturated carbocycles. The van der Waals surface area contributed by atoms with Gasteiger partial charge in [0.25, 0.3) is 5.91 Å². The molecule has 2 fully saturated rings. The van der Waals surface area contributed by atoms with Gasteiger partial charge in [-0.3, -0.25) is 14.4 Å². The molecule has 1 aliphatic heterocycles. The van der Waals surface area contributed by atoms with Crippen molar-refractivity contribution in [3.8, 4) is 0 Å². The molecule has 2 heterocycles. The van der Waals surface area contributed by atoms with Crippen LogP contribution in [0.2, 0.25) is 0 Å². The molecule has 3 amide bonds. The number of amides is 3. The van der Waals surface area contributed by atoms with Crippen LogP contribution in [0.25, 0.3) is 10.9 Å². The predicted octanol–water partition coefficient (Wildman–Crippen LogP) is 3.98. The van der Waals surface area contributed by atoms with Crippen LogP contribution < -0.4 is 10.6 Å². The molecular weight excluding hydrogens is 520 g/mol. The summed E-state index contributed by atoms with van der Waals surface area (Å²) in [4.78, 5) is 39.5. The highest BCUT2D eigenvalue weighted by Crippen LogP contribution is 2.35. The number of aromatic nitrogens is 1. The molecule has 186 valence electrons. The average molecular weight is 549 g/mol. The zero-order valence-corrected chi connectivity index (χ0v) is 21.5. The molecule has 8 heteroatoms. The number of carbonyl (C=O) groups is 3. The van der Waals surface area contributed by atoms with Gasteiger partial charge in [0.2, 0.25) is 11.8 Å². The standard InChI is InChI=1S/C28H29BrN4O3/c1-2-27(35)33-14-20(15-33)30-26(34)17-32-16-23(22-13-19(29)11-12-25(22)32)28(36)31-24-10-6-9-21(24)18-7-4-3-5-8-18/h2-5,7-8,11-13,16,20-21,24H,1,6,9-10,14-15,17H2,(H,30,34)(H,31,36). The van der Waals surface area contributed by atoms with Crippen molar-refractivity contribution >= 4 is 44.6 Å². The topological polar surface area (TPSA) is 83.4 Å². The van der Waals surface area contributed by atoms with Crippen molar-refractivity contribution in [1.82, 2.24) is 20.1 Å². The lowest BCUT2D eigenvalue weighted by molar-refractivity contribution is -0.133. The molecule has 0 radical (unpaired) electrons. The molecule has 2 N–H and O–H groups in total. The molecule has 3 aromatic rings. The smallest absolute Gasteiger partial charge is 0.253 e. The van der Waals surface area contributed by atoms with Gasteiger partial charge < -0.3 is 20.1 Å². The van der Waals surface area contributed by atoms with E-state index in [0.29, 0.717) is 24.6 Å². The van der Waals surface area contributed by atoms with Gasteiger partial charge in [-0.1, -0.05) is 59.3 Å². The van der Waals surface area contributed by atoms with E-state index >= 15 is 0 Å². The number of carbonyl (C=O) groups excluding carboxylic acids is 3. The second-order valence-corrected chi connectivity index (χ2v) is 10.5. The van der Waals surface area contributed by atoms with Crippen LogP contribution in [0.4, 0.5) is 0 Å². The van der Waals surface area contributed by atoms with E-state index in [-0.39, 0.29) is 36.3 Å². The molecule has 2 aliphatic rings. The van der Waals surface area contributed by atoms with Gasteiger partial charge in [0.05, 0.1) is 11.6 Å². The summed E-state index contributed by atoms with van der Waals surface area (Å²) in [6.07, 6.45) is 6.13. The summed E-state index contributed by atoms with van der Waals surface area (Å²) < 4.78 is 2.69. The minimum absolute atomic E-state index is 0.0718. The van der Waals surface area contributed by atoms with Crippen molar-refractivity contribution in [3.63, 3.8) is 0 Å². The maximum absolute atomic E-state index is 13.5. The predicted molar refractivity (Wildman–Crippen MR) is 143 cm³/mol. The number of benzene rings is 2. The largest absolute Gasteiger partial charge is 0.349 e. The zero-order valence-electron chi connectivity index (χ0n) is 20.0. The van der Waals surface area contributed by atoms with E-state index in [4.69, 9.17) is 0 Å². The Hall–Kier alpha value is -3.39. The Labute approximate surface area is 218 Å². The molecule has 2 atom stereocenters. The summed E-state index contributed by atoms with van der Waals surface area (Å²) >= 11 is 3.52. The van der Waals surface area contributed by atoms with Gasteiger partial charge in [-0.15, -0.1) is 0 Å². The fourth-order valence-electron chi connectivity index (χ4n) is 5.37. The Morgan fingerprint density at radius 1 is 1.06 bits per heavy atom. The molecule has 0 spiro atoms. The van der Waals surface area contributed by atoms with Gasteiger partial charge in [-0.25, -0.2) is 0 Å². The van der Waals surface area contributed by atoms with E-state index in [1.54, 1.807) is 11.1 Å². The van der Waals surface area contributed by atoms with E-state index in [1.165, 1.54) is 11.6 Å². The van der Waals surface area contributed by atoms with Gasteiger partial charge in [-0.2, -0.15) is 0 Å². The summed E-state index contributed by atoms with van der Waals surface area (Å²) in [5.41, 5.74) is 2.64. The summed E-state index contributed by atoms with van der Waals surface area (Å²) in [5.74, 6) is -0.106. The number of likely N-dealkylation sites (tertiary alicyclic amines) is 1. The number of rotatable bonds is 7. The molecule has 2 aromatic carbocycles. The summed E-state index contributed by atoms with van der Waals surface area (Å²) in [6.45, 7) is 4.54. The van der Waals surface area contributed by atoms with Crippen LogP contribution >= 0.6 is 15.9 Å². The maximum Gasteiger partial charge on any atom is 0.253 e. The molecule has 36 heavy (non-hydrogen) atoms.